The van der Waals surface area contributed by atoms with Crippen molar-refractivity contribution in [3.63, 3.8) is 0 Å². The zero-order valence-electron chi connectivity index (χ0n) is 15.1. The third kappa shape index (κ3) is 3.69. The average molecular weight is 382 g/mol. The van der Waals surface area contributed by atoms with E-state index in [2.05, 4.69) is 15.6 Å². The van der Waals surface area contributed by atoms with Gasteiger partial charge in [0.05, 0.1) is 11.7 Å². The molecule has 6 heteroatoms. The number of nitrogens with one attached hydrogen (secondary N) is 2. The summed E-state index contributed by atoms with van der Waals surface area (Å²) in [4.78, 5) is 16.8. The first-order valence-corrected chi connectivity index (χ1v) is 9.18. The number of carbonyl (C=O) groups is 1. The number of nitrogens with zero attached hydrogens (tertiary/aromatic N) is 1. The molecule has 0 saturated carbocycles. The van der Waals surface area contributed by atoms with Gasteiger partial charge in [0, 0.05) is 40.2 Å². The monoisotopic (exact) mass is 381 g/mol. The summed E-state index contributed by atoms with van der Waals surface area (Å²) in [5.74, 6) is 0.709. The molecule has 138 valence electrons. The topological polar surface area (TPSA) is 63.2 Å². The fourth-order valence-electron chi connectivity index (χ4n) is 3.50. The van der Waals surface area contributed by atoms with Crippen molar-refractivity contribution in [2.24, 2.45) is 0 Å². The molecule has 1 aromatic heterocycles. The number of aromatic nitrogens is 1. The Morgan fingerprint density at radius 2 is 2.11 bits per heavy atom. The highest BCUT2D eigenvalue weighted by Crippen LogP contribution is 2.40. The maximum atomic E-state index is 12.7. The molecular weight excluding hydrogens is 362 g/mol. The Bertz CT molecular complexity index is 1010. The predicted octanol–water partition coefficient (Wildman–Crippen LogP) is 5.31. The number of carbonyl (C=O) groups excluding carboxylic acids is 1. The molecule has 0 spiro atoms. The van der Waals surface area contributed by atoms with Gasteiger partial charge in [0.1, 0.15) is 11.4 Å². The zero-order chi connectivity index (χ0) is 19.0. The number of anilines is 1. The molecule has 2 N–H and O–H groups in total. The maximum Gasteiger partial charge on any atom is 0.319 e. The van der Waals surface area contributed by atoms with Crippen LogP contribution < -0.4 is 15.4 Å². The highest BCUT2D eigenvalue weighted by atomic mass is 35.5. The van der Waals surface area contributed by atoms with E-state index in [1.807, 2.05) is 50.2 Å². The van der Waals surface area contributed by atoms with Gasteiger partial charge in [-0.2, -0.15) is 0 Å². The number of ether oxygens (including phenoxy) is 1. The van der Waals surface area contributed by atoms with Crippen molar-refractivity contribution in [3.05, 3.63) is 65.4 Å². The van der Waals surface area contributed by atoms with Gasteiger partial charge in [-0.3, -0.25) is 4.98 Å². The molecule has 0 radical (unpaired) electrons. The first-order chi connectivity index (χ1) is 12.9. The highest BCUT2D eigenvalue weighted by molar-refractivity contribution is 6.30. The molecule has 2 aromatic carbocycles. The van der Waals surface area contributed by atoms with Crippen molar-refractivity contribution in [1.29, 1.82) is 0 Å². The van der Waals surface area contributed by atoms with Crippen molar-refractivity contribution in [2.45, 2.75) is 31.9 Å². The van der Waals surface area contributed by atoms with Gasteiger partial charge < -0.3 is 15.4 Å². The van der Waals surface area contributed by atoms with E-state index in [0.29, 0.717) is 17.2 Å². The second kappa shape index (κ2) is 6.74. The predicted molar refractivity (Wildman–Crippen MR) is 107 cm³/mol. The number of halogens is 1. The van der Waals surface area contributed by atoms with Gasteiger partial charge >= 0.3 is 6.03 Å². The van der Waals surface area contributed by atoms with Crippen LogP contribution in [0.25, 0.3) is 10.8 Å². The molecule has 0 saturated heterocycles. The van der Waals surface area contributed by atoms with Gasteiger partial charge in [-0.1, -0.05) is 29.8 Å². The number of fused-ring (bicyclic) bond motifs is 2. The van der Waals surface area contributed by atoms with E-state index in [4.69, 9.17) is 16.3 Å². The summed E-state index contributed by atoms with van der Waals surface area (Å²) in [5.41, 5.74) is 1.27. The van der Waals surface area contributed by atoms with E-state index in [1.165, 1.54) is 0 Å². The van der Waals surface area contributed by atoms with Crippen LogP contribution in [0.2, 0.25) is 5.02 Å². The van der Waals surface area contributed by atoms with Crippen LogP contribution >= 0.6 is 11.6 Å². The number of pyridine rings is 1. The van der Waals surface area contributed by atoms with Gasteiger partial charge in [0.2, 0.25) is 0 Å². The number of hydrogen-bond donors (Lipinski definition) is 2. The molecule has 2 amide bonds. The minimum atomic E-state index is -0.402. The molecule has 1 aliphatic rings. The van der Waals surface area contributed by atoms with E-state index in [-0.39, 0.29) is 12.1 Å². The summed E-state index contributed by atoms with van der Waals surface area (Å²) in [6.07, 6.45) is 4.15. The number of benzene rings is 2. The van der Waals surface area contributed by atoms with Gasteiger partial charge in [-0.05, 0) is 38.1 Å². The SMILES string of the molecule is CC1(C)CC(NC(=O)Nc2cccc3cnccc23)c2ccc(Cl)cc2O1. The van der Waals surface area contributed by atoms with Crippen molar-refractivity contribution in [1.82, 2.24) is 10.3 Å². The largest absolute Gasteiger partial charge is 0.487 e. The van der Waals surface area contributed by atoms with Gasteiger partial charge in [0.15, 0.2) is 0 Å². The third-order valence-corrected chi connectivity index (χ3v) is 4.90. The molecule has 4 rings (SSSR count). The fourth-order valence-corrected chi connectivity index (χ4v) is 3.66. The summed E-state index contributed by atoms with van der Waals surface area (Å²) in [6, 6.07) is 12.7. The molecule has 0 fully saturated rings. The van der Waals surface area contributed by atoms with Crippen LogP contribution in [0.4, 0.5) is 10.5 Å². The van der Waals surface area contributed by atoms with E-state index >= 15 is 0 Å². The molecule has 2 heterocycles. The van der Waals surface area contributed by atoms with Crippen LogP contribution in [-0.2, 0) is 0 Å². The molecule has 5 nitrogen and oxygen atoms in total. The highest BCUT2D eigenvalue weighted by Gasteiger charge is 2.34. The minimum absolute atomic E-state index is 0.169. The Kier molecular flexibility index (Phi) is 4.40. The van der Waals surface area contributed by atoms with Crippen LogP contribution in [0.1, 0.15) is 31.9 Å². The lowest BCUT2D eigenvalue weighted by Gasteiger charge is -2.38. The van der Waals surface area contributed by atoms with Crippen molar-refractivity contribution >= 4 is 34.1 Å². The number of amides is 2. The Balaban J connectivity index is 1.58. The van der Waals surface area contributed by atoms with E-state index < -0.39 is 5.60 Å². The van der Waals surface area contributed by atoms with Crippen molar-refractivity contribution in [2.75, 3.05) is 5.32 Å². The smallest absolute Gasteiger partial charge is 0.319 e. The molecule has 1 atom stereocenters. The number of urea groups is 1. The third-order valence-electron chi connectivity index (χ3n) is 4.67. The quantitative estimate of drug-likeness (QED) is 0.632. The van der Waals surface area contributed by atoms with E-state index in [1.54, 1.807) is 18.5 Å². The Morgan fingerprint density at radius 1 is 1.26 bits per heavy atom. The molecule has 0 aliphatic carbocycles. The molecule has 3 aromatic rings. The summed E-state index contributed by atoms with van der Waals surface area (Å²) < 4.78 is 6.02. The molecular formula is C21H20ClN3O2. The first kappa shape index (κ1) is 17.6. The van der Waals surface area contributed by atoms with Gasteiger partial charge in [0.25, 0.3) is 0 Å². The first-order valence-electron chi connectivity index (χ1n) is 8.80. The summed E-state index contributed by atoms with van der Waals surface area (Å²) in [6.45, 7) is 4.00. The Hall–Kier alpha value is -2.79. The van der Waals surface area contributed by atoms with E-state index in [0.717, 1.165) is 22.0 Å². The Labute approximate surface area is 162 Å². The van der Waals surface area contributed by atoms with Crippen LogP contribution in [0, 0.1) is 0 Å². The van der Waals surface area contributed by atoms with Crippen LogP contribution in [0.5, 0.6) is 5.75 Å². The van der Waals surface area contributed by atoms with E-state index in [9.17, 15) is 4.79 Å². The number of hydrogen-bond acceptors (Lipinski definition) is 3. The average Bonchev–Trinajstić information content (AvgIpc) is 2.60. The van der Waals surface area contributed by atoms with Gasteiger partial charge in [-0.25, -0.2) is 4.79 Å². The van der Waals surface area contributed by atoms with Gasteiger partial charge in [-0.15, -0.1) is 0 Å². The molecule has 27 heavy (non-hydrogen) atoms. The van der Waals surface area contributed by atoms with Crippen LogP contribution in [0.15, 0.2) is 54.9 Å². The normalized spacial score (nSPS) is 17.7. The summed E-state index contributed by atoms with van der Waals surface area (Å²) in [7, 11) is 0. The Morgan fingerprint density at radius 3 is 2.96 bits per heavy atom. The zero-order valence-corrected chi connectivity index (χ0v) is 15.9. The lowest BCUT2D eigenvalue weighted by Crippen LogP contribution is -2.42. The lowest BCUT2D eigenvalue weighted by molar-refractivity contribution is 0.0683. The van der Waals surface area contributed by atoms with Crippen molar-refractivity contribution in [3.8, 4) is 5.75 Å². The standard InChI is InChI=1S/C21H20ClN3O2/c1-21(2)11-18(16-7-6-14(22)10-19(16)27-21)25-20(26)24-17-5-3-4-13-12-23-9-8-15(13)17/h3-10,12,18H,11H2,1-2H3,(H2,24,25,26). The van der Waals surface area contributed by atoms with Crippen LogP contribution in [-0.4, -0.2) is 16.6 Å². The second-order valence-electron chi connectivity index (χ2n) is 7.30. The summed E-state index contributed by atoms with van der Waals surface area (Å²) in [5, 5.41) is 8.56. The second-order valence-corrected chi connectivity index (χ2v) is 7.74. The number of rotatable bonds is 2. The molecule has 0 bridgehead atoms. The summed E-state index contributed by atoms with van der Waals surface area (Å²) >= 11 is 6.10. The lowest BCUT2D eigenvalue weighted by atomic mass is 9.90. The maximum absolute atomic E-state index is 12.7. The van der Waals surface area contributed by atoms with Crippen molar-refractivity contribution < 1.29 is 9.53 Å². The molecule has 1 aliphatic heterocycles. The molecule has 1 unspecified atom stereocenters. The fraction of sp³-hybridized carbons (Fsp3) is 0.238. The van der Waals surface area contributed by atoms with Crippen LogP contribution in [0.3, 0.4) is 0 Å². The minimum Gasteiger partial charge on any atom is -0.487 e.